The Morgan fingerprint density at radius 1 is 1.18 bits per heavy atom. The van der Waals surface area contributed by atoms with Gasteiger partial charge in [0.2, 0.25) is 0 Å². The molecule has 2 aromatic rings. The number of halogens is 1. The SMILES string of the molecule is CC[C@@H]1Oc2ccc(C)cc2N(Cc2ccc(F)cc2)C1=O. The standard InChI is InChI=1S/C18H18FNO2/c1-3-16-18(21)20(11-13-5-7-14(19)8-6-13)15-10-12(2)4-9-17(15)22-16/h4-10,16H,3,11H2,1-2H3/t16-/m0/s1. The van der Waals surface area contributed by atoms with Crippen molar-refractivity contribution >= 4 is 11.6 Å². The van der Waals surface area contributed by atoms with Crippen molar-refractivity contribution in [2.24, 2.45) is 0 Å². The lowest BCUT2D eigenvalue weighted by atomic mass is 10.1. The lowest BCUT2D eigenvalue weighted by molar-refractivity contribution is -0.126. The van der Waals surface area contributed by atoms with E-state index in [0.29, 0.717) is 13.0 Å². The van der Waals surface area contributed by atoms with Crippen molar-refractivity contribution in [3.63, 3.8) is 0 Å². The molecular weight excluding hydrogens is 281 g/mol. The fourth-order valence-corrected chi connectivity index (χ4v) is 2.63. The summed E-state index contributed by atoms with van der Waals surface area (Å²) in [5.74, 6) is 0.392. The fourth-order valence-electron chi connectivity index (χ4n) is 2.63. The van der Waals surface area contributed by atoms with Crippen molar-refractivity contribution < 1.29 is 13.9 Å². The van der Waals surface area contributed by atoms with Gasteiger partial charge in [0.25, 0.3) is 5.91 Å². The van der Waals surface area contributed by atoms with E-state index in [9.17, 15) is 9.18 Å². The molecule has 1 aliphatic heterocycles. The van der Waals surface area contributed by atoms with Crippen molar-refractivity contribution in [3.05, 3.63) is 59.4 Å². The summed E-state index contributed by atoms with van der Waals surface area (Å²) in [6, 6.07) is 12.0. The second kappa shape index (κ2) is 5.79. The summed E-state index contributed by atoms with van der Waals surface area (Å²) in [5.41, 5.74) is 2.73. The number of carbonyl (C=O) groups is 1. The van der Waals surface area contributed by atoms with Crippen LogP contribution in [0.1, 0.15) is 24.5 Å². The Morgan fingerprint density at radius 2 is 1.91 bits per heavy atom. The maximum absolute atomic E-state index is 13.0. The van der Waals surface area contributed by atoms with Crippen LogP contribution in [0.15, 0.2) is 42.5 Å². The van der Waals surface area contributed by atoms with Crippen LogP contribution in [0.5, 0.6) is 5.75 Å². The Morgan fingerprint density at radius 3 is 2.59 bits per heavy atom. The van der Waals surface area contributed by atoms with E-state index in [4.69, 9.17) is 4.74 Å². The molecule has 0 saturated heterocycles. The third-order valence-corrected chi connectivity index (χ3v) is 3.84. The Hall–Kier alpha value is -2.36. The van der Waals surface area contributed by atoms with Gasteiger partial charge in [-0.15, -0.1) is 0 Å². The molecule has 0 spiro atoms. The Balaban J connectivity index is 1.98. The van der Waals surface area contributed by atoms with Gasteiger partial charge in [0.1, 0.15) is 11.6 Å². The summed E-state index contributed by atoms with van der Waals surface area (Å²) in [7, 11) is 0. The van der Waals surface area contributed by atoms with E-state index in [2.05, 4.69) is 0 Å². The van der Waals surface area contributed by atoms with Crippen LogP contribution in [-0.4, -0.2) is 12.0 Å². The van der Waals surface area contributed by atoms with E-state index in [1.807, 2.05) is 32.0 Å². The first kappa shape index (κ1) is 14.6. The second-order valence-electron chi connectivity index (χ2n) is 5.54. The molecule has 0 bridgehead atoms. The van der Waals surface area contributed by atoms with Crippen LogP contribution in [0.2, 0.25) is 0 Å². The van der Waals surface area contributed by atoms with E-state index in [1.165, 1.54) is 12.1 Å². The molecule has 0 unspecified atom stereocenters. The molecule has 4 heteroatoms. The topological polar surface area (TPSA) is 29.5 Å². The van der Waals surface area contributed by atoms with Crippen LogP contribution in [0.4, 0.5) is 10.1 Å². The van der Waals surface area contributed by atoms with Gasteiger partial charge in [-0.25, -0.2) is 4.39 Å². The van der Waals surface area contributed by atoms with Gasteiger partial charge in [-0.1, -0.05) is 25.1 Å². The normalized spacial score (nSPS) is 17.1. The van der Waals surface area contributed by atoms with Crippen LogP contribution in [0.3, 0.4) is 0 Å². The molecule has 3 nitrogen and oxygen atoms in total. The number of ether oxygens (including phenoxy) is 1. The number of benzene rings is 2. The largest absolute Gasteiger partial charge is 0.478 e. The van der Waals surface area contributed by atoms with E-state index in [1.54, 1.807) is 17.0 Å². The molecule has 0 saturated carbocycles. The minimum atomic E-state index is -0.462. The zero-order chi connectivity index (χ0) is 15.7. The number of amides is 1. The maximum Gasteiger partial charge on any atom is 0.268 e. The van der Waals surface area contributed by atoms with Gasteiger partial charge < -0.3 is 9.64 Å². The van der Waals surface area contributed by atoms with E-state index < -0.39 is 6.10 Å². The Labute approximate surface area is 129 Å². The molecule has 2 aromatic carbocycles. The smallest absolute Gasteiger partial charge is 0.268 e. The van der Waals surface area contributed by atoms with Crippen LogP contribution in [0, 0.1) is 12.7 Å². The van der Waals surface area contributed by atoms with E-state index in [0.717, 1.165) is 22.6 Å². The number of nitrogens with zero attached hydrogens (tertiary/aromatic N) is 1. The zero-order valence-electron chi connectivity index (χ0n) is 12.7. The van der Waals surface area contributed by atoms with Gasteiger partial charge in [-0.05, 0) is 48.7 Å². The van der Waals surface area contributed by atoms with Gasteiger partial charge in [0.15, 0.2) is 6.10 Å². The number of hydrogen-bond donors (Lipinski definition) is 0. The molecular formula is C18H18FNO2. The quantitative estimate of drug-likeness (QED) is 0.862. The van der Waals surface area contributed by atoms with Crippen molar-refractivity contribution in [3.8, 4) is 5.75 Å². The highest BCUT2D eigenvalue weighted by atomic mass is 19.1. The summed E-state index contributed by atoms with van der Waals surface area (Å²) in [4.78, 5) is 14.4. The highest BCUT2D eigenvalue weighted by Gasteiger charge is 2.33. The minimum Gasteiger partial charge on any atom is -0.478 e. The van der Waals surface area contributed by atoms with Gasteiger partial charge >= 0.3 is 0 Å². The molecule has 0 radical (unpaired) electrons. The summed E-state index contributed by atoms with van der Waals surface area (Å²) < 4.78 is 18.8. The number of anilines is 1. The molecule has 1 amide bonds. The lowest BCUT2D eigenvalue weighted by Crippen LogP contribution is -2.45. The number of carbonyl (C=O) groups excluding carboxylic acids is 1. The first-order valence-electron chi connectivity index (χ1n) is 7.41. The third-order valence-electron chi connectivity index (χ3n) is 3.84. The number of aryl methyl sites for hydroxylation is 1. The van der Waals surface area contributed by atoms with E-state index in [-0.39, 0.29) is 11.7 Å². The van der Waals surface area contributed by atoms with Gasteiger partial charge in [-0.2, -0.15) is 0 Å². The Kier molecular flexibility index (Phi) is 3.84. The zero-order valence-corrected chi connectivity index (χ0v) is 12.7. The predicted octanol–water partition coefficient (Wildman–Crippen LogP) is 3.84. The third kappa shape index (κ3) is 2.69. The summed E-state index contributed by atoms with van der Waals surface area (Å²) in [6.07, 6.45) is 0.155. The molecule has 0 aromatic heterocycles. The van der Waals surface area contributed by atoms with Crippen LogP contribution in [-0.2, 0) is 11.3 Å². The molecule has 1 heterocycles. The van der Waals surface area contributed by atoms with Crippen LogP contribution < -0.4 is 9.64 Å². The summed E-state index contributed by atoms with van der Waals surface area (Å²) in [5, 5.41) is 0. The van der Waals surface area contributed by atoms with E-state index >= 15 is 0 Å². The molecule has 3 rings (SSSR count). The van der Waals surface area contributed by atoms with Crippen molar-refractivity contribution in [1.29, 1.82) is 0 Å². The Bertz CT molecular complexity index is 697. The average Bonchev–Trinajstić information content (AvgIpc) is 2.52. The molecule has 1 aliphatic rings. The maximum atomic E-state index is 13.0. The second-order valence-corrected chi connectivity index (χ2v) is 5.54. The summed E-state index contributed by atoms with van der Waals surface area (Å²) >= 11 is 0. The lowest BCUT2D eigenvalue weighted by Gasteiger charge is -2.34. The van der Waals surface area contributed by atoms with Crippen molar-refractivity contribution in [2.75, 3.05) is 4.90 Å². The predicted molar refractivity (Wildman–Crippen MR) is 83.5 cm³/mol. The summed E-state index contributed by atoms with van der Waals surface area (Å²) in [6.45, 7) is 4.32. The van der Waals surface area contributed by atoms with Gasteiger partial charge in [0.05, 0.1) is 12.2 Å². The highest BCUT2D eigenvalue weighted by molar-refractivity contribution is 6.00. The molecule has 0 N–H and O–H groups in total. The van der Waals surface area contributed by atoms with Crippen LogP contribution in [0.25, 0.3) is 0 Å². The van der Waals surface area contributed by atoms with Gasteiger partial charge in [0, 0.05) is 0 Å². The monoisotopic (exact) mass is 299 g/mol. The average molecular weight is 299 g/mol. The molecule has 1 atom stereocenters. The highest BCUT2D eigenvalue weighted by Crippen LogP contribution is 2.36. The molecule has 22 heavy (non-hydrogen) atoms. The number of fused-ring (bicyclic) bond motifs is 1. The van der Waals surface area contributed by atoms with Crippen LogP contribution >= 0.6 is 0 Å². The fraction of sp³-hybridized carbons (Fsp3) is 0.278. The molecule has 0 fully saturated rings. The number of rotatable bonds is 3. The number of hydrogen-bond acceptors (Lipinski definition) is 2. The molecule has 0 aliphatic carbocycles. The first-order valence-corrected chi connectivity index (χ1v) is 7.41. The van der Waals surface area contributed by atoms with Crippen molar-refractivity contribution in [2.45, 2.75) is 32.9 Å². The minimum absolute atomic E-state index is 0.0510. The molecule has 114 valence electrons. The first-order chi connectivity index (χ1) is 10.6. The van der Waals surface area contributed by atoms with Crippen molar-refractivity contribution in [1.82, 2.24) is 0 Å². The van der Waals surface area contributed by atoms with Gasteiger partial charge in [-0.3, -0.25) is 4.79 Å².